The molecule has 0 N–H and O–H groups in total. The van der Waals surface area contributed by atoms with Gasteiger partial charge in [0.1, 0.15) is 23.2 Å². The summed E-state index contributed by atoms with van der Waals surface area (Å²) in [5.74, 6) is -6.07. The number of benzene rings is 1. The molecule has 0 atom stereocenters. The van der Waals surface area contributed by atoms with Crippen molar-refractivity contribution in [1.82, 2.24) is 39.1 Å². The monoisotopic (exact) mass is 614 g/mol. The Bertz CT molecular complexity index is 1990. The van der Waals surface area contributed by atoms with Gasteiger partial charge in [0.25, 0.3) is 0 Å². The van der Waals surface area contributed by atoms with Crippen molar-refractivity contribution < 1.29 is 30.4 Å². The summed E-state index contributed by atoms with van der Waals surface area (Å²) in [5.41, 5.74) is -2.96. The van der Waals surface area contributed by atoms with Crippen molar-refractivity contribution in [1.29, 1.82) is 0 Å². The summed E-state index contributed by atoms with van der Waals surface area (Å²) in [6, 6.07) is 9.15. The Morgan fingerprint density at radius 1 is 1.00 bits per heavy atom. The maximum Gasteiger partial charge on any atom is 0.459 e. The Morgan fingerprint density at radius 2 is 1.73 bits per heavy atom. The lowest BCUT2D eigenvalue weighted by Crippen LogP contribution is -2.34. The van der Waals surface area contributed by atoms with Crippen LogP contribution >= 0.6 is 11.6 Å². The average molecular weight is 615 g/mol. The Labute approximate surface area is 231 Å². The number of halogens is 6. The summed E-state index contributed by atoms with van der Waals surface area (Å²) in [5, 5.41) is 10.9. The molecule has 1 aromatic carbocycles. The van der Waals surface area contributed by atoms with E-state index in [1.54, 1.807) is 18.2 Å². The first-order valence-electron chi connectivity index (χ1n) is 11.5. The molecule has 0 bridgehead atoms. The number of alkyl halides is 5. The van der Waals surface area contributed by atoms with Crippen LogP contribution in [0.25, 0.3) is 34.2 Å². The molecule has 214 valence electrons. The SMILES string of the molecule is CCS(=O)(=O)c1ccc(-n2ncn(-c3cccc(Cl)c3)c2=O)nc1-c1nc2cc(C(F)(F)C(F)(F)F)nnc2n1C. The van der Waals surface area contributed by atoms with Gasteiger partial charge in [0, 0.05) is 12.1 Å². The lowest BCUT2D eigenvalue weighted by Gasteiger charge is -2.17. The van der Waals surface area contributed by atoms with E-state index in [2.05, 4.69) is 25.3 Å². The third-order valence-electron chi connectivity index (χ3n) is 6.04. The third kappa shape index (κ3) is 4.73. The molecule has 5 aromatic rings. The summed E-state index contributed by atoms with van der Waals surface area (Å²) in [4.78, 5) is 21.2. The van der Waals surface area contributed by atoms with Gasteiger partial charge in [-0.2, -0.15) is 31.7 Å². The zero-order valence-corrected chi connectivity index (χ0v) is 22.4. The summed E-state index contributed by atoms with van der Waals surface area (Å²) >= 11 is 6.01. The van der Waals surface area contributed by atoms with Gasteiger partial charge in [-0.3, -0.25) is 0 Å². The Balaban J connectivity index is 1.70. The van der Waals surface area contributed by atoms with Crippen LogP contribution in [0.3, 0.4) is 0 Å². The van der Waals surface area contributed by atoms with Gasteiger partial charge in [-0.1, -0.05) is 24.6 Å². The van der Waals surface area contributed by atoms with Crippen LogP contribution in [0, 0.1) is 0 Å². The smallest absolute Gasteiger partial charge is 0.309 e. The molecule has 0 aliphatic rings. The Hall–Kier alpha value is -4.25. The van der Waals surface area contributed by atoms with E-state index in [-0.39, 0.29) is 33.6 Å². The maximum atomic E-state index is 13.9. The number of imidazole rings is 1. The first-order valence-corrected chi connectivity index (χ1v) is 13.5. The largest absolute Gasteiger partial charge is 0.459 e. The van der Waals surface area contributed by atoms with E-state index in [0.717, 1.165) is 19.9 Å². The quantitative estimate of drug-likeness (QED) is 0.264. The van der Waals surface area contributed by atoms with E-state index in [4.69, 9.17) is 11.6 Å². The maximum absolute atomic E-state index is 13.9. The Morgan fingerprint density at radius 3 is 2.39 bits per heavy atom. The molecule has 0 spiro atoms. The van der Waals surface area contributed by atoms with Crippen LogP contribution in [0.2, 0.25) is 5.02 Å². The molecule has 0 amide bonds. The third-order valence-corrected chi connectivity index (χ3v) is 8.03. The topological polar surface area (TPSA) is 130 Å². The zero-order valence-electron chi connectivity index (χ0n) is 20.8. The van der Waals surface area contributed by atoms with E-state index in [0.29, 0.717) is 16.8 Å². The zero-order chi connectivity index (χ0) is 29.9. The lowest BCUT2D eigenvalue weighted by molar-refractivity contribution is -0.291. The molecule has 0 aliphatic heterocycles. The molecule has 0 saturated carbocycles. The highest BCUT2D eigenvalue weighted by molar-refractivity contribution is 7.91. The Kier molecular flexibility index (Phi) is 6.68. The standard InChI is InChI=1S/C23H16ClF5N8O3S/c1-3-41(39,40)15-7-8-17(37-21(38)36(11-30-37)13-6-4-5-12(24)9-13)32-18(15)20-31-14-10-16(22(25,26)23(27,28)29)33-34-19(14)35(20)2/h4-11H,3H2,1-2H3. The highest BCUT2D eigenvalue weighted by Gasteiger charge is 2.60. The van der Waals surface area contributed by atoms with Crippen LogP contribution in [-0.2, 0) is 22.8 Å². The van der Waals surface area contributed by atoms with Gasteiger partial charge in [-0.15, -0.1) is 10.2 Å². The van der Waals surface area contributed by atoms with Crippen molar-refractivity contribution in [3.05, 3.63) is 70.0 Å². The minimum atomic E-state index is -5.94. The van der Waals surface area contributed by atoms with Crippen LogP contribution in [-0.4, -0.2) is 59.4 Å². The van der Waals surface area contributed by atoms with Gasteiger partial charge in [-0.05, 0) is 36.4 Å². The van der Waals surface area contributed by atoms with Crippen LogP contribution in [0.1, 0.15) is 12.6 Å². The number of sulfone groups is 1. The number of aromatic nitrogens is 8. The molecule has 18 heteroatoms. The predicted molar refractivity (Wildman–Crippen MR) is 135 cm³/mol. The average Bonchev–Trinajstić information content (AvgIpc) is 3.47. The summed E-state index contributed by atoms with van der Waals surface area (Å²) < 4.78 is 95.5. The number of hydrogen-bond acceptors (Lipinski definition) is 8. The van der Waals surface area contributed by atoms with Crippen LogP contribution in [0.5, 0.6) is 0 Å². The molecule has 4 heterocycles. The second kappa shape index (κ2) is 9.69. The molecular formula is C23H16ClF5N8O3S. The van der Waals surface area contributed by atoms with E-state index < -0.39 is 38.8 Å². The molecule has 5 rings (SSSR count). The van der Waals surface area contributed by atoms with Crippen molar-refractivity contribution in [3.8, 4) is 23.0 Å². The van der Waals surface area contributed by atoms with Crippen molar-refractivity contribution in [2.24, 2.45) is 7.05 Å². The number of hydrogen-bond donors (Lipinski definition) is 0. The van der Waals surface area contributed by atoms with E-state index in [1.807, 2.05) is 0 Å². The van der Waals surface area contributed by atoms with Crippen molar-refractivity contribution in [2.45, 2.75) is 23.9 Å². The van der Waals surface area contributed by atoms with Gasteiger partial charge in [0.15, 0.2) is 27.1 Å². The predicted octanol–water partition coefficient (Wildman–Crippen LogP) is 3.86. The molecule has 11 nitrogen and oxygen atoms in total. The lowest BCUT2D eigenvalue weighted by atomic mass is 10.2. The van der Waals surface area contributed by atoms with E-state index in [1.165, 1.54) is 32.4 Å². The first-order chi connectivity index (χ1) is 19.2. The highest BCUT2D eigenvalue weighted by atomic mass is 35.5. The van der Waals surface area contributed by atoms with Gasteiger partial charge >= 0.3 is 17.8 Å². The molecule has 0 fully saturated rings. The fourth-order valence-electron chi connectivity index (χ4n) is 3.88. The molecule has 41 heavy (non-hydrogen) atoms. The summed E-state index contributed by atoms with van der Waals surface area (Å²) in [7, 11) is -2.66. The molecule has 0 unspecified atom stereocenters. The number of pyridine rings is 1. The molecule has 4 aromatic heterocycles. The molecular weight excluding hydrogens is 599 g/mol. The second-order valence-corrected chi connectivity index (χ2v) is 11.3. The van der Waals surface area contributed by atoms with E-state index >= 15 is 0 Å². The van der Waals surface area contributed by atoms with Crippen LogP contribution < -0.4 is 5.69 Å². The van der Waals surface area contributed by atoms with Gasteiger partial charge in [0.05, 0.1) is 16.3 Å². The van der Waals surface area contributed by atoms with Crippen molar-refractivity contribution in [2.75, 3.05) is 5.75 Å². The fraction of sp³-hybridized carbons (Fsp3) is 0.217. The molecule has 0 radical (unpaired) electrons. The van der Waals surface area contributed by atoms with E-state index in [9.17, 15) is 35.2 Å². The summed E-state index contributed by atoms with van der Waals surface area (Å²) in [6.45, 7) is 1.37. The van der Waals surface area contributed by atoms with Crippen molar-refractivity contribution >= 4 is 32.6 Å². The van der Waals surface area contributed by atoms with Crippen LogP contribution in [0.15, 0.2) is 58.5 Å². The van der Waals surface area contributed by atoms with Gasteiger partial charge in [-0.25, -0.2) is 27.7 Å². The first kappa shape index (κ1) is 28.3. The fourth-order valence-corrected chi connectivity index (χ4v) is 5.08. The van der Waals surface area contributed by atoms with Gasteiger partial charge in [0.2, 0.25) is 0 Å². The molecule has 0 saturated heterocycles. The summed E-state index contributed by atoms with van der Waals surface area (Å²) in [6.07, 6.45) is -4.74. The normalized spacial score (nSPS) is 12.8. The minimum Gasteiger partial charge on any atom is -0.309 e. The molecule has 0 aliphatic carbocycles. The number of nitrogens with zero attached hydrogens (tertiary/aromatic N) is 8. The van der Waals surface area contributed by atoms with Crippen molar-refractivity contribution in [3.63, 3.8) is 0 Å². The number of fused-ring (bicyclic) bond motifs is 1. The highest BCUT2D eigenvalue weighted by Crippen LogP contribution is 2.43. The van der Waals surface area contributed by atoms with Crippen LogP contribution in [0.4, 0.5) is 22.0 Å². The van der Waals surface area contributed by atoms with Gasteiger partial charge < -0.3 is 4.57 Å². The second-order valence-electron chi connectivity index (χ2n) is 8.60. The number of aryl methyl sites for hydroxylation is 1. The minimum absolute atomic E-state index is 0.136. The number of rotatable bonds is 6.